The third-order valence-corrected chi connectivity index (χ3v) is 3.52. The molecular formula is C11H24N6O3S. The van der Waals surface area contributed by atoms with E-state index in [0.29, 0.717) is 25.9 Å². The summed E-state index contributed by atoms with van der Waals surface area (Å²) in [5, 5.41) is 1.57. The van der Waals surface area contributed by atoms with Crippen LogP contribution in [0.2, 0.25) is 0 Å². The highest BCUT2D eigenvalue weighted by Gasteiger charge is 2.22. The highest BCUT2D eigenvalue weighted by molar-refractivity contribution is 7.89. The Balaban J connectivity index is 2.18. The number of sulfonamides is 1. The number of hydrogen-bond donors (Lipinski definition) is 4. The molecule has 6 N–H and O–H groups in total. The SMILES string of the molecule is CS(=O)(=O)NC(N)=NCCCC[C@H](N)C(=O)N1CCCN1. The van der Waals surface area contributed by atoms with Crippen LogP contribution in [-0.2, 0) is 14.8 Å². The first-order valence-electron chi connectivity index (χ1n) is 6.88. The third-order valence-electron chi connectivity index (χ3n) is 2.94. The van der Waals surface area contributed by atoms with Crippen LogP contribution in [-0.4, -0.2) is 57.2 Å². The van der Waals surface area contributed by atoms with E-state index in [1.54, 1.807) is 5.01 Å². The van der Waals surface area contributed by atoms with Crippen LogP contribution in [0.15, 0.2) is 4.99 Å². The lowest BCUT2D eigenvalue weighted by Crippen LogP contribution is -2.47. The van der Waals surface area contributed by atoms with Gasteiger partial charge in [0.25, 0.3) is 5.91 Å². The number of nitrogens with one attached hydrogen (secondary N) is 2. The Morgan fingerprint density at radius 3 is 2.76 bits per heavy atom. The topological polar surface area (TPSA) is 143 Å². The molecule has 1 aliphatic heterocycles. The Bertz CT molecular complexity index is 472. The maximum atomic E-state index is 11.9. The van der Waals surface area contributed by atoms with Crippen molar-refractivity contribution < 1.29 is 13.2 Å². The number of nitrogens with zero attached hydrogens (tertiary/aromatic N) is 2. The van der Waals surface area contributed by atoms with Gasteiger partial charge >= 0.3 is 0 Å². The van der Waals surface area contributed by atoms with Crippen molar-refractivity contribution in [3.63, 3.8) is 0 Å². The minimum absolute atomic E-state index is 0.0886. The van der Waals surface area contributed by atoms with Crippen LogP contribution in [0.1, 0.15) is 25.7 Å². The number of unbranched alkanes of at least 4 members (excludes halogenated alkanes) is 1. The monoisotopic (exact) mass is 320 g/mol. The van der Waals surface area contributed by atoms with Crippen molar-refractivity contribution in [1.29, 1.82) is 0 Å². The maximum Gasteiger partial charge on any atom is 0.253 e. The molecule has 0 radical (unpaired) electrons. The molecule has 1 atom stereocenters. The van der Waals surface area contributed by atoms with Crippen LogP contribution >= 0.6 is 0 Å². The van der Waals surface area contributed by atoms with Crippen molar-refractivity contribution in [2.24, 2.45) is 16.5 Å². The maximum absolute atomic E-state index is 11.9. The van der Waals surface area contributed by atoms with Crippen LogP contribution in [0.25, 0.3) is 0 Å². The van der Waals surface area contributed by atoms with E-state index in [4.69, 9.17) is 11.5 Å². The Morgan fingerprint density at radius 2 is 2.19 bits per heavy atom. The van der Waals surface area contributed by atoms with Crippen molar-refractivity contribution in [1.82, 2.24) is 15.2 Å². The zero-order chi connectivity index (χ0) is 15.9. The molecule has 1 saturated heterocycles. The number of carbonyl (C=O) groups is 1. The van der Waals surface area contributed by atoms with Gasteiger partial charge in [-0.25, -0.2) is 13.8 Å². The summed E-state index contributed by atoms with van der Waals surface area (Å²) in [6.45, 7) is 1.89. The molecule has 0 aromatic heterocycles. The number of aliphatic imine (C=N–C) groups is 1. The molecule has 1 fully saturated rings. The molecule has 0 aromatic rings. The largest absolute Gasteiger partial charge is 0.369 e. The van der Waals surface area contributed by atoms with E-state index in [0.717, 1.165) is 25.6 Å². The van der Waals surface area contributed by atoms with Gasteiger partial charge in [0.15, 0.2) is 0 Å². The Labute approximate surface area is 125 Å². The molecule has 10 heteroatoms. The number of amides is 1. The molecule has 0 aliphatic carbocycles. The minimum Gasteiger partial charge on any atom is -0.369 e. The summed E-state index contributed by atoms with van der Waals surface area (Å²) in [6, 6.07) is -0.522. The van der Waals surface area contributed by atoms with Gasteiger partial charge < -0.3 is 11.5 Å². The summed E-state index contributed by atoms with van der Waals surface area (Å²) in [7, 11) is -3.38. The smallest absolute Gasteiger partial charge is 0.253 e. The number of guanidine groups is 1. The van der Waals surface area contributed by atoms with Crippen molar-refractivity contribution in [2.75, 3.05) is 25.9 Å². The predicted molar refractivity (Wildman–Crippen MR) is 80.6 cm³/mol. The molecule has 0 saturated carbocycles. The molecule has 9 nitrogen and oxygen atoms in total. The molecule has 1 rings (SSSR count). The first-order valence-corrected chi connectivity index (χ1v) is 8.77. The highest BCUT2D eigenvalue weighted by Crippen LogP contribution is 2.05. The lowest BCUT2D eigenvalue weighted by molar-refractivity contribution is -0.134. The number of nitrogens with two attached hydrogens (primary N) is 2. The van der Waals surface area contributed by atoms with Gasteiger partial charge in [-0.3, -0.25) is 19.5 Å². The lowest BCUT2D eigenvalue weighted by Gasteiger charge is -2.19. The molecule has 1 heterocycles. The number of hydrogen-bond acceptors (Lipinski definition) is 6. The summed E-state index contributed by atoms with van der Waals surface area (Å²) in [6.07, 6.45) is 3.91. The molecule has 1 amide bonds. The van der Waals surface area contributed by atoms with Gasteiger partial charge in [-0.1, -0.05) is 0 Å². The fourth-order valence-corrected chi connectivity index (χ4v) is 2.38. The fourth-order valence-electron chi connectivity index (χ4n) is 1.94. The number of hydrazine groups is 1. The van der Waals surface area contributed by atoms with Gasteiger partial charge in [0.2, 0.25) is 16.0 Å². The van der Waals surface area contributed by atoms with Crippen molar-refractivity contribution in [2.45, 2.75) is 31.7 Å². The summed E-state index contributed by atoms with van der Waals surface area (Å²) in [4.78, 5) is 15.8. The van der Waals surface area contributed by atoms with E-state index in [1.165, 1.54) is 0 Å². The second-order valence-electron chi connectivity index (χ2n) is 5.00. The van der Waals surface area contributed by atoms with Gasteiger partial charge in [-0.2, -0.15) is 0 Å². The summed E-state index contributed by atoms with van der Waals surface area (Å²) < 4.78 is 23.8. The number of rotatable bonds is 7. The summed E-state index contributed by atoms with van der Waals surface area (Å²) in [5.41, 5.74) is 14.2. The van der Waals surface area contributed by atoms with Crippen LogP contribution in [0.5, 0.6) is 0 Å². The Hall–Kier alpha value is -1.39. The fraction of sp³-hybridized carbons (Fsp3) is 0.818. The van der Waals surface area contributed by atoms with Crippen molar-refractivity contribution in [3.05, 3.63) is 0 Å². The molecular weight excluding hydrogens is 296 g/mol. The van der Waals surface area contributed by atoms with Gasteiger partial charge in [0, 0.05) is 19.6 Å². The van der Waals surface area contributed by atoms with E-state index < -0.39 is 16.1 Å². The van der Waals surface area contributed by atoms with E-state index in [9.17, 15) is 13.2 Å². The molecule has 0 aromatic carbocycles. The number of carbonyl (C=O) groups excluding carboxylic acids is 1. The zero-order valence-corrected chi connectivity index (χ0v) is 13.0. The zero-order valence-electron chi connectivity index (χ0n) is 12.2. The van der Waals surface area contributed by atoms with Gasteiger partial charge in [-0.15, -0.1) is 0 Å². The summed E-state index contributed by atoms with van der Waals surface area (Å²) >= 11 is 0. The summed E-state index contributed by atoms with van der Waals surface area (Å²) in [5.74, 6) is -0.214. The Morgan fingerprint density at radius 1 is 1.48 bits per heavy atom. The van der Waals surface area contributed by atoms with Gasteiger partial charge in [-0.05, 0) is 25.7 Å². The molecule has 21 heavy (non-hydrogen) atoms. The second-order valence-corrected chi connectivity index (χ2v) is 6.74. The van der Waals surface area contributed by atoms with Crippen LogP contribution in [0, 0.1) is 0 Å². The van der Waals surface area contributed by atoms with Crippen molar-refractivity contribution >= 4 is 21.9 Å². The molecule has 0 bridgehead atoms. The van der Waals surface area contributed by atoms with E-state index >= 15 is 0 Å². The highest BCUT2D eigenvalue weighted by atomic mass is 32.2. The van der Waals surface area contributed by atoms with Crippen LogP contribution < -0.4 is 21.6 Å². The van der Waals surface area contributed by atoms with Crippen LogP contribution in [0.3, 0.4) is 0 Å². The first-order chi connectivity index (χ1) is 9.79. The van der Waals surface area contributed by atoms with E-state index in [2.05, 4.69) is 15.1 Å². The molecule has 1 aliphatic rings. The Kier molecular flexibility index (Phi) is 6.85. The quantitative estimate of drug-likeness (QED) is 0.245. The van der Waals surface area contributed by atoms with Gasteiger partial charge in [0.05, 0.1) is 12.3 Å². The molecule has 0 spiro atoms. The average Bonchev–Trinajstić information content (AvgIpc) is 2.88. The van der Waals surface area contributed by atoms with E-state index in [1.807, 2.05) is 0 Å². The van der Waals surface area contributed by atoms with Gasteiger partial charge in [0.1, 0.15) is 0 Å². The predicted octanol–water partition coefficient (Wildman–Crippen LogP) is -1.92. The molecule has 122 valence electrons. The standard InChI is InChI=1S/C11H24N6O3S/c1-21(19,20)16-11(13)14-6-3-2-5-9(12)10(18)17-8-4-7-15-17/h9,15H,2-8,12H2,1H3,(H3,13,14,16)/t9-/m0/s1. The average molecular weight is 320 g/mol. The van der Waals surface area contributed by atoms with Crippen molar-refractivity contribution in [3.8, 4) is 0 Å². The lowest BCUT2D eigenvalue weighted by atomic mass is 10.1. The van der Waals surface area contributed by atoms with Crippen LogP contribution in [0.4, 0.5) is 0 Å². The van der Waals surface area contributed by atoms with E-state index in [-0.39, 0.29) is 11.9 Å². The normalized spacial score (nSPS) is 17.8. The third kappa shape index (κ3) is 7.25. The second kappa shape index (κ2) is 8.15. The minimum atomic E-state index is -3.38. The molecule has 0 unspecified atom stereocenters. The first kappa shape index (κ1) is 17.7.